The lowest BCUT2D eigenvalue weighted by atomic mass is 10.1. The van der Waals surface area contributed by atoms with Gasteiger partial charge in [0.25, 0.3) is 0 Å². The molecule has 1 heterocycles. The highest BCUT2D eigenvalue weighted by Gasteiger charge is 2.30. The number of hydrogen-bond donors (Lipinski definition) is 3. The number of halogens is 3. The number of aromatic nitrogens is 2. The molecule has 0 atom stereocenters. The third-order valence-electron chi connectivity index (χ3n) is 4.47. The minimum absolute atomic E-state index is 0.113. The summed E-state index contributed by atoms with van der Waals surface area (Å²) < 4.78 is 40.1. The molecule has 0 saturated carbocycles. The molecule has 0 aliphatic rings. The van der Waals surface area contributed by atoms with E-state index in [-0.39, 0.29) is 19.0 Å². The standard InChI is InChI=1S/C22H23F3N6O/c1-26-21(27-13-16-5-2-7-18(11-16)22(23,24)25)28-14-17-6-3-8-19(12-17)30-20(32)15-31-10-4-9-29-31/h2-12H,13-15H2,1H3,(H,30,32)(H2,26,27,28). The van der Waals surface area contributed by atoms with E-state index in [2.05, 4.69) is 26.0 Å². The fraction of sp³-hybridized carbons (Fsp3) is 0.227. The van der Waals surface area contributed by atoms with E-state index < -0.39 is 11.7 Å². The second-order valence-corrected chi connectivity index (χ2v) is 6.93. The van der Waals surface area contributed by atoms with Gasteiger partial charge in [0.2, 0.25) is 5.91 Å². The van der Waals surface area contributed by atoms with Gasteiger partial charge in [0.15, 0.2) is 5.96 Å². The Hall–Kier alpha value is -3.82. The van der Waals surface area contributed by atoms with E-state index in [1.54, 1.807) is 37.6 Å². The molecule has 1 amide bonds. The Labute approximate surface area is 183 Å². The number of amides is 1. The molecular formula is C22H23F3N6O. The monoisotopic (exact) mass is 444 g/mol. The molecule has 0 radical (unpaired) electrons. The van der Waals surface area contributed by atoms with Crippen LogP contribution in [0.25, 0.3) is 0 Å². The number of anilines is 1. The zero-order chi connectivity index (χ0) is 23.0. The topological polar surface area (TPSA) is 83.3 Å². The molecule has 168 valence electrons. The Morgan fingerprint density at radius 3 is 2.34 bits per heavy atom. The zero-order valence-electron chi connectivity index (χ0n) is 17.4. The van der Waals surface area contributed by atoms with Crippen LogP contribution in [-0.2, 0) is 30.6 Å². The normalized spacial score (nSPS) is 11.8. The smallest absolute Gasteiger partial charge is 0.352 e. The predicted molar refractivity (Wildman–Crippen MR) is 116 cm³/mol. The quantitative estimate of drug-likeness (QED) is 0.385. The van der Waals surface area contributed by atoms with Crippen molar-refractivity contribution in [3.63, 3.8) is 0 Å². The van der Waals surface area contributed by atoms with Crippen molar-refractivity contribution < 1.29 is 18.0 Å². The molecule has 1 aromatic heterocycles. The highest BCUT2D eigenvalue weighted by molar-refractivity contribution is 5.90. The Balaban J connectivity index is 1.51. The van der Waals surface area contributed by atoms with Crippen LogP contribution in [0.3, 0.4) is 0 Å². The second-order valence-electron chi connectivity index (χ2n) is 6.93. The second kappa shape index (κ2) is 10.5. The fourth-order valence-corrected chi connectivity index (χ4v) is 2.95. The maximum atomic E-state index is 12.9. The number of aliphatic imine (C=N–C) groups is 1. The van der Waals surface area contributed by atoms with E-state index in [0.29, 0.717) is 23.8 Å². The van der Waals surface area contributed by atoms with Gasteiger partial charge in [0.05, 0.1) is 5.56 Å². The van der Waals surface area contributed by atoms with Crippen LogP contribution < -0.4 is 16.0 Å². The highest BCUT2D eigenvalue weighted by atomic mass is 19.4. The molecule has 0 aliphatic carbocycles. The first-order valence-corrected chi connectivity index (χ1v) is 9.80. The number of benzene rings is 2. The lowest BCUT2D eigenvalue weighted by molar-refractivity contribution is -0.137. The molecule has 0 aliphatic heterocycles. The van der Waals surface area contributed by atoms with Crippen molar-refractivity contribution in [1.29, 1.82) is 0 Å². The summed E-state index contributed by atoms with van der Waals surface area (Å²) in [7, 11) is 1.58. The molecule has 0 unspecified atom stereocenters. The Morgan fingerprint density at radius 2 is 1.72 bits per heavy atom. The van der Waals surface area contributed by atoms with Gasteiger partial charge in [-0.25, -0.2) is 0 Å². The van der Waals surface area contributed by atoms with Gasteiger partial charge in [-0.1, -0.05) is 24.3 Å². The largest absolute Gasteiger partial charge is 0.416 e. The Morgan fingerprint density at radius 1 is 1.03 bits per heavy atom. The van der Waals surface area contributed by atoms with Crippen LogP contribution in [0, 0.1) is 0 Å². The lowest BCUT2D eigenvalue weighted by Crippen LogP contribution is -2.36. The maximum absolute atomic E-state index is 12.9. The molecule has 32 heavy (non-hydrogen) atoms. The summed E-state index contributed by atoms with van der Waals surface area (Å²) in [5.41, 5.74) is 1.34. The average Bonchev–Trinajstić information content (AvgIpc) is 3.26. The first-order valence-electron chi connectivity index (χ1n) is 9.80. The molecular weight excluding hydrogens is 421 g/mol. The van der Waals surface area contributed by atoms with E-state index in [0.717, 1.165) is 17.7 Å². The number of carbonyl (C=O) groups excluding carboxylic acids is 1. The van der Waals surface area contributed by atoms with Gasteiger partial charge in [0, 0.05) is 38.2 Å². The van der Waals surface area contributed by atoms with Crippen molar-refractivity contribution in [2.24, 2.45) is 4.99 Å². The molecule has 2 aromatic carbocycles. The molecule has 3 rings (SSSR count). The zero-order valence-corrected chi connectivity index (χ0v) is 17.4. The van der Waals surface area contributed by atoms with Gasteiger partial charge < -0.3 is 16.0 Å². The maximum Gasteiger partial charge on any atom is 0.416 e. The third-order valence-corrected chi connectivity index (χ3v) is 4.47. The third kappa shape index (κ3) is 6.86. The van der Waals surface area contributed by atoms with E-state index in [1.165, 1.54) is 10.7 Å². The first kappa shape index (κ1) is 22.9. The molecule has 0 spiro atoms. The van der Waals surface area contributed by atoms with Crippen LogP contribution in [0.1, 0.15) is 16.7 Å². The van der Waals surface area contributed by atoms with Gasteiger partial charge in [0.1, 0.15) is 6.54 Å². The summed E-state index contributed by atoms with van der Waals surface area (Å²) in [5.74, 6) is 0.243. The van der Waals surface area contributed by atoms with E-state index in [4.69, 9.17) is 0 Å². The molecule has 10 heteroatoms. The van der Waals surface area contributed by atoms with Gasteiger partial charge in [-0.2, -0.15) is 18.3 Å². The van der Waals surface area contributed by atoms with Gasteiger partial charge in [-0.15, -0.1) is 0 Å². The summed E-state index contributed by atoms with van der Waals surface area (Å²) in [6.07, 6.45) is -1.07. The van der Waals surface area contributed by atoms with E-state index >= 15 is 0 Å². The van der Waals surface area contributed by atoms with Crippen molar-refractivity contribution in [1.82, 2.24) is 20.4 Å². The molecule has 3 aromatic rings. The minimum Gasteiger partial charge on any atom is -0.352 e. The number of alkyl halides is 3. The fourth-order valence-electron chi connectivity index (χ4n) is 2.95. The van der Waals surface area contributed by atoms with Crippen molar-refractivity contribution in [2.45, 2.75) is 25.8 Å². The first-order chi connectivity index (χ1) is 15.3. The molecule has 0 fully saturated rings. The van der Waals surface area contributed by atoms with Crippen LogP contribution in [0.2, 0.25) is 0 Å². The van der Waals surface area contributed by atoms with Crippen LogP contribution >= 0.6 is 0 Å². The Kier molecular flexibility index (Phi) is 7.48. The molecule has 7 nitrogen and oxygen atoms in total. The van der Waals surface area contributed by atoms with E-state index in [9.17, 15) is 18.0 Å². The van der Waals surface area contributed by atoms with Crippen molar-refractivity contribution in [3.05, 3.63) is 83.7 Å². The molecule has 0 bridgehead atoms. The van der Waals surface area contributed by atoms with Crippen LogP contribution in [0.15, 0.2) is 72.0 Å². The number of guanidine groups is 1. The molecule has 0 saturated heterocycles. The van der Waals surface area contributed by atoms with Gasteiger partial charge in [-0.05, 0) is 41.5 Å². The Bertz CT molecular complexity index is 1060. The number of hydrogen-bond acceptors (Lipinski definition) is 3. The van der Waals surface area contributed by atoms with Gasteiger partial charge in [-0.3, -0.25) is 14.5 Å². The number of nitrogens with one attached hydrogen (secondary N) is 3. The van der Waals surface area contributed by atoms with Crippen LogP contribution in [0.5, 0.6) is 0 Å². The number of carbonyl (C=O) groups is 1. The lowest BCUT2D eigenvalue weighted by Gasteiger charge is -2.14. The van der Waals surface area contributed by atoms with Crippen LogP contribution in [-0.4, -0.2) is 28.7 Å². The summed E-state index contributed by atoms with van der Waals surface area (Å²) in [4.78, 5) is 16.2. The van der Waals surface area contributed by atoms with Crippen molar-refractivity contribution in [3.8, 4) is 0 Å². The average molecular weight is 444 g/mol. The summed E-state index contributed by atoms with van der Waals surface area (Å²) in [5, 5.41) is 12.9. The molecule has 3 N–H and O–H groups in total. The number of rotatable bonds is 7. The SMILES string of the molecule is CN=C(NCc1cccc(NC(=O)Cn2cccn2)c1)NCc1cccc(C(F)(F)F)c1. The number of nitrogens with zero attached hydrogens (tertiary/aromatic N) is 3. The predicted octanol–water partition coefficient (Wildman–Crippen LogP) is 3.41. The summed E-state index contributed by atoms with van der Waals surface area (Å²) in [6, 6.07) is 14.2. The summed E-state index contributed by atoms with van der Waals surface area (Å²) in [6.45, 7) is 0.708. The van der Waals surface area contributed by atoms with Crippen LogP contribution in [0.4, 0.5) is 18.9 Å². The van der Waals surface area contributed by atoms with E-state index in [1.807, 2.05) is 18.2 Å². The van der Waals surface area contributed by atoms with Crippen molar-refractivity contribution >= 4 is 17.6 Å². The summed E-state index contributed by atoms with van der Waals surface area (Å²) >= 11 is 0. The van der Waals surface area contributed by atoms with Gasteiger partial charge >= 0.3 is 6.18 Å². The highest BCUT2D eigenvalue weighted by Crippen LogP contribution is 2.29. The van der Waals surface area contributed by atoms with Crippen molar-refractivity contribution in [2.75, 3.05) is 12.4 Å². The minimum atomic E-state index is -4.38.